The third-order valence-corrected chi connectivity index (χ3v) is 1.62. The smallest absolute Gasteiger partial charge is 0.166 e. The van der Waals surface area contributed by atoms with Crippen LogP contribution in [-0.4, -0.2) is 6.18 Å². The topological polar surface area (TPSA) is 0 Å². The molecule has 0 saturated carbocycles. The molecule has 0 aromatic carbocycles. The first-order valence-electron chi connectivity index (χ1n) is 3.92. The molecule has 0 unspecified atom stereocenters. The van der Waals surface area contributed by atoms with Gasteiger partial charge in [-0.15, -0.1) is 0 Å². The summed E-state index contributed by atoms with van der Waals surface area (Å²) in [5.41, 5.74) is 0.225. The molecule has 0 aliphatic rings. The molecular weight excluding hydrogens is 177 g/mol. The summed E-state index contributed by atoms with van der Waals surface area (Å²) >= 11 is 0. The zero-order valence-electron chi connectivity index (χ0n) is 7.78. The Morgan fingerprint density at radius 3 is 2.31 bits per heavy atom. The van der Waals surface area contributed by atoms with Crippen LogP contribution < -0.4 is 0 Å². The Hall–Kier alpha value is -0.990. The van der Waals surface area contributed by atoms with Crippen LogP contribution in [-0.2, 0) is 0 Å². The minimum atomic E-state index is -4.31. The molecule has 0 radical (unpaired) electrons. The standard InChI is InChI=1S/C10H13F3/c1-4-8(2)6-5-7-9(3)10(11,12)13/h4-5,7H,3,6H2,1-2H3/b7-5-,8-4-. The van der Waals surface area contributed by atoms with Gasteiger partial charge in [0.05, 0.1) is 0 Å². The molecule has 0 nitrogen and oxygen atoms in total. The van der Waals surface area contributed by atoms with Crippen LogP contribution in [0.5, 0.6) is 0 Å². The van der Waals surface area contributed by atoms with E-state index in [1.807, 2.05) is 19.9 Å². The van der Waals surface area contributed by atoms with Crippen LogP contribution >= 0.6 is 0 Å². The van der Waals surface area contributed by atoms with Crippen molar-refractivity contribution in [3.63, 3.8) is 0 Å². The first-order valence-corrected chi connectivity index (χ1v) is 3.92. The zero-order valence-corrected chi connectivity index (χ0v) is 7.78. The second-order valence-electron chi connectivity index (χ2n) is 2.76. The van der Waals surface area contributed by atoms with E-state index in [9.17, 15) is 13.2 Å². The highest BCUT2D eigenvalue weighted by molar-refractivity contribution is 5.21. The monoisotopic (exact) mass is 190 g/mol. The molecule has 0 aromatic heterocycles. The Morgan fingerprint density at radius 1 is 1.38 bits per heavy atom. The van der Waals surface area contributed by atoms with Gasteiger partial charge in [-0.2, -0.15) is 13.2 Å². The second-order valence-corrected chi connectivity index (χ2v) is 2.76. The molecule has 0 fully saturated rings. The number of hydrogen-bond donors (Lipinski definition) is 0. The van der Waals surface area contributed by atoms with Crippen LogP contribution in [0.2, 0.25) is 0 Å². The lowest BCUT2D eigenvalue weighted by atomic mass is 10.1. The number of rotatable bonds is 3. The van der Waals surface area contributed by atoms with Gasteiger partial charge in [-0.05, 0) is 20.3 Å². The summed E-state index contributed by atoms with van der Waals surface area (Å²) in [6, 6.07) is 0. The van der Waals surface area contributed by atoms with Gasteiger partial charge in [-0.1, -0.05) is 30.4 Å². The van der Waals surface area contributed by atoms with Crippen molar-refractivity contribution in [3.05, 3.63) is 36.0 Å². The average Bonchev–Trinajstić information content (AvgIpc) is 2.02. The van der Waals surface area contributed by atoms with Gasteiger partial charge in [-0.3, -0.25) is 0 Å². The molecule has 0 aliphatic heterocycles. The van der Waals surface area contributed by atoms with Crippen LogP contribution in [0.3, 0.4) is 0 Å². The van der Waals surface area contributed by atoms with Gasteiger partial charge < -0.3 is 0 Å². The number of hydrogen-bond acceptors (Lipinski definition) is 0. The van der Waals surface area contributed by atoms with E-state index in [-0.39, 0.29) is 0 Å². The van der Waals surface area contributed by atoms with Crippen molar-refractivity contribution >= 4 is 0 Å². The van der Waals surface area contributed by atoms with Crippen LogP contribution in [0.4, 0.5) is 13.2 Å². The molecule has 0 N–H and O–H groups in total. The summed E-state index contributed by atoms with van der Waals surface area (Å²) in [6.07, 6.45) is 0.560. The zero-order chi connectivity index (χ0) is 10.5. The van der Waals surface area contributed by atoms with Crippen LogP contribution in [0.15, 0.2) is 36.0 Å². The quantitative estimate of drug-likeness (QED) is 0.465. The van der Waals surface area contributed by atoms with Crippen LogP contribution in [0.1, 0.15) is 20.3 Å². The first kappa shape index (κ1) is 12.0. The Kier molecular flexibility index (Phi) is 4.52. The van der Waals surface area contributed by atoms with Gasteiger partial charge in [0.1, 0.15) is 0 Å². The van der Waals surface area contributed by atoms with E-state index in [2.05, 4.69) is 6.58 Å². The molecule has 0 saturated heterocycles. The molecule has 74 valence electrons. The van der Waals surface area contributed by atoms with Crippen molar-refractivity contribution in [1.29, 1.82) is 0 Å². The molecule has 0 atom stereocenters. The number of halogens is 3. The van der Waals surface area contributed by atoms with E-state index in [4.69, 9.17) is 0 Å². The molecule has 0 heterocycles. The highest BCUT2D eigenvalue weighted by Crippen LogP contribution is 2.24. The molecule has 0 spiro atoms. The molecule has 0 aliphatic carbocycles. The van der Waals surface area contributed by atoms with Crippen LogP contribution in [0.25, 0.3) is 0 Å². The van der Waals surface area contributed by atoms with Gasteiger partial charge in [-0.25, -0.2) is 0 Å². The normalized spacial score (nSPS) is 13.8. The molecule has 0 bridgehead atoms. The Balaban J connectivity index is 4.08. The van der Waals surface area contributed by atoms with E-state index in [1.54, 1.807) is 0 Å². The summed E-state index contributed by atoms with van der Waals surface area (Å²) in [6.45, 7) is 6.63. The Labute approximate surface area is 76.5 Å². The van der Waals surface area contributed by atoms with Crippen molar-refractivity contribution < 1.29 is 13.2 Å². The summed E-state index contributed by atoms with van der Waals surface area (Å²) in [7, 11) is 0. The summed E-state index contributed by atoms with van der Waals surface area (Å²) < 4.78 is 35.7. The Morgan fingerprint density at radius 2 is 1.92 bits per heavy atom. The minimum absolute atomic E-state index is 0.533. The fraction of sp³-hybridized carbons (Fsp3) is 0.400. The molecule has 13 heavy (non-hydrogen) atoms. The fourth-order valence-electron chi connectivity index (χ4n) is 0.599. The predicted molar refractivity (Wildman–Crippen MR) is 48.4 cm³/mol. The molecule has 0 amide bonds. The van der Waals surface area contributed by atoms with Crippen molar-refractivity contribution in [2.75, 3.05) is 0 Å². The van der Waals surface area contributed by atoms with E-state index >= 15 is 0 Å². The maximum atomic E-state index is 11.9. The minimum Gasteiger partial charge on any atom is -0.166 e. The first-order chi connectivity index (χ1) is 5.88. The third-order valence-electron chi connectivity index (χ3n) is 1.62. The molecular formula is C10H13F3. The average molecular weight is 190 g/mol. The van der Waals surface area contributed by atoms with Crippen molar-refractivity contribution in [3.8, 4) is 0 Å². The van der Waals surface area contributed by atoms with Gasteiger partial charge >= 0.3 is 6.18 Å². The summed E-state index contributed by atoms with van der Waals surface area (Å²) in [4.78, 5) is 0. The third kappa shape index (κ3) is 5.28. The highest BCUT2D eigenvalue weighted by atomic mass is 19.4. The maximum absolute atomic E-state index is 11.9. The van der Waals surface area contributed by atoms with Gasteiger partial charge in [0, 0.05) is 5.57 Å². The van der Waals surface area contributed by atoms with Gasteiger partial charge in [0.25, 0.3) is 0 Å². The SMILES string of the molecule is C=C(/C=C\C/C(C)=C\C)C(F)(F)F. The van der Waals surface area contributed by atoms with E-state index in [0.717, 1.165) is 11.6 Å². The largest absolute Gasteiger partial charge is 0.415 e. The molecule has 0 aromatic rings. The summed E-state index contributed by atoms with van der Waals surface area (Å²) in [5, 5.41) is 0. The van der Waals surface area contributed by atoms with Crippen LogP contribution in [0, 0.1) is 0 Å². The number of alkyl halides is 3. The lowest BCUT2D eigenvalue weighted by molar-refractivity contribution is -0.0878. The van der Waals surface area contributed by atoms with Crippen molar-refractivity contribution in [2.24, 2.45) is 0 Å². The van der Waals surface area contributed by atoms with Crippen molar-refractivity contribution in [1.82, 2.24) is 0 Å². The number of allylic oxidation sites excluding steroid dienone is 5. The Bertz CT molecular complexity index is 231. The van der Waals surface area contributed by atoms with E-state index in [1.165, 1.54) is 6.08 Å². The van der Waals surface area contributed by atoms with E-state index < -0.39 is 11.7 Å². The maximum Gasteiger partial charge on any atom is 0.415 e. The highest BCUT2D eigenvalue weighted by Gasteiger charge is 2.29. The van der Waals surface area contributed by atoms with Gasteiger partial charge in [0.2, 0.25) is 0 Å². The van der Waals surface area contributed by atoms with E-state index in [0.29, 0.717) is 6.42 Å². The lowest BCUT2D eigenvalue weighted by Gasteiger charge is -2.04. The van der Waals surface area contributed by atoms with Crippen molar-refractivity contribution in [2.45, 2.75) is 26.4 Å². The van der Waals surface area contributed by atoms with Gasteiger partial charge in [0.15, 0.2) is 0 Å². The lowest BCUT2D eigenvalue weighted by Crippen LogP contribution is -2.08. The molecule has 0 rings (SSSR count). The predicted octanol–water partition coefficient (Wildman–Crippen LogP) is 4.02. The second kappa shape index (κ2) is 4.90. The fourth-order valence-corrected chi connectivity index (χ4v) is 0.599. The molecule has 3 heteroatoms. The summed E-state index contributed by atoms with van der Waals surface area (Å²) in [5.74, 6) is 0.